The molecule has 0 bridgehead atoms. The van der Waals surface area contributed by atoms with Crippen LogP contribution in [0, 0.1) is 5.82 Å². The van der Waals surface area contributed by atoms with Gasteiger partial charge in [0.1, 0.15) is 11.5 Å². The number of pyridine rings is 1. The first-order chi connectivity index (χ1) is 13.8. The van der Waals surface area contributed by atoms with Gasteiger partial charge in [-0.05, 0) is 37.3 Å². The van der Waals surface area contributed by atoms with E-state index in [4.69, 9.17) is 35.7 Å². The number of thioether (sulfide) groups is 1. The molecular formula is C18H15ClFNO7S. The van der Waals surface area contributed by atoms with Crippen LogP contribution < -0.4 is 9.47 Å². The number of nitrogens with zero attached hydrogens (tertiary/aromatic N) is 1. The van der Waals surface area contributed by atoms with Gasteiger partial charge in [-0.1, -0.05) is 11.6 Å². The number of hydrogen-bond acceptors (Lipinski definition) is 8. The Morgan fingerprint density at radius 2 is 2.03 bits per heavy atom. The highest BCUT2D eigenvalue weighted by Gasteiger charge is 2.34. The summed E-state index contributed by atoms with van der Waals surface area (Å²) in [6, 6.07) is 7.15. The second-order valence-corrected chi connectivity index (χ2v) is 7.31. The molecule has 1 fully saturated rings. The molecule has 3 atom stereocenters. The van der Waals surface area contributed by atoms with Crippen molar-refractivity contribution in [2.75, 3.05) is 5.75 Å². The van der Waals surface area contributed by atoms with Gasteiger partial charge in [-0.3, -0.25) is 0 Å². The van der Waals surface area contributed by atoms with E-state index in [1.807, 2.05) is 0 Å². The smallest absolute Gasteiger partial charge is 0.349 e. The van der Waals surface area contributed by atoms with Gasteiger partial charge in [0, 0.05) is 6.20 Å². The number of hydrogen-bond donors (Lipinski definition) is 1. The number of aromatic nitrogens is 1. The minimum Gasteiger partial charge on any atom is -0.479 e. The van der Waals surface area contributed by atoms with E-state index in [0.717, 1.165) is 17.8 Å². The number of carboxylic acids is 1. The van der Waals surface area contributed by atoms with Gasteiger partial charge < -0.3 is 24.1 Å². The van der Waals surface area contributed by atoms with Gasteiger partial charge in [0.05, 0.1) is 10.8 Å². The molecule has 2 aromatic rings. The number of aliphatic carboxylic acids is 1. The molecule has 0 aliphatic carbocycles. The van der Waals surface area contributed by atoms with Crippen molar-refractivity contribution in [3.63, 3.8) is 0 Å². The molecule has 154 valence electrons. The lowest BCUT2D eigenvalue weighted by molar-refractivity contribution is -0.185. The van der Waals surface area contributed by atoms with Crippen LogP contribution in [0.15, 0.2) is 36.5 Å². The Morgan fingerprint density at radius 3 is 2.66 bits per heavy atom. The Balaban J connectivity index is 1.52. The molecule has 2 heterocycles. The van der Waals surface area contributed by atoms with Crippen LogP contribution in [0.1, 0.15) is 6.92 Å². The Bertz CT molecular complexity index is 898. The fraction of sp³-hybridized carbons (Fsp3) is 0.278. The largest absolute Gasteiger partial charge is 0.479 e. The molecule has 0 spiro atoms. The normalized spacial score (nSPS) is 19.4. The number of rotatable bonds is 7. The van der Waals surface area contributed by atoms with Crippen LogP contribution in [0.4, 0.5) is 4.39 Å². The number of carbonyl (C=O) groups excluding carboxylic acids is 1. The number of halogens is 2. The maximum Gasteiger partial charge on any atom is 0.349 e. The summed E-state index contributed by atoms with van der Waals surface area (Å²) in [6.07, 6.45) is -0.650. The molecule has 1 aliphatic heterocycles. The lowest BCUT2D eigenvalue weighted by Gasteiger charge is -2.17. The summed E-state index contributed by atoms with van der Waals surface area (Å²) in [7, 11) is 0. The molecule has 1 N–H and O–H groups in total. The minimum atomic E-state index is -1.13. The zero-order chi connectivity index (χ0) is 21.0. The van der Waals surface area contributed by atoms with E-state index in [-0.39, 0.29) is 16.7 Å². The zero-order valence-corrected chi connectivity index (χ0v) is 16.5. The van der Waals surface area contributed by atoms with Gasteiger partial charge in [0.2, 0.25) is 11.7 Å². The first kappa shape index (κ1) is 21.2. The highest BCUT2D eigenvalue weighted by Crippen LogP contribution is 2.28. The van der Waals surface area contributed by atoms with Gasteiger partial charge in [-0.2, -0.15) is 0 Å². The van der Waals surface area contributed by atoms with Crippen LogP contribution in [0.25, 0.3) is 0 Å². The van der Waals surface area contributed by atoms with E-state index in [9.17, 15) is 14.0 Å². The van der Waals surface area contributed by atoms with Crippen molar-refractivity contribution in [3.8, 4) is 17.4 Å². The third kappa shape index (κ3) is 5.72. The van der Waals surface area contributed by atoms with E-state index in [1.165, 1.54) is 37.4 Å². The Kier molecular flexibility index (Phi) is 6.78. The van der Waals surface area contributed by atoms with Crippen LogP contribution in [-0.4, -0.2) is 45.6 Å². The second-order valence-electron chi connectivity index (χ2n) is 5.78. The maximum atomic E-state index is 13.7. The van der Waals surface area contributed by atoms with Gasteiger partial charge in [-0.25, -0.2) is 19.0 Å². The molecule has 1 aliphatic rings. The molecule has 3 rings (SSSR count). The topological polar surface area (TPSA) is 104 Å². The molecule has 1 unspecified atom stereocenters. The van der Waals surface area contributed by atoms with Crippen molar-refractivity contribution in [1.29, 1.82) is 0 Å². The summed E-state index contributed by atoms with van der Waals surface area (Å²) >= 11 is 6.67. The van der Waals surface area contributed by atoms with E-state index in [2.05, 4.69) is 4.98 Å². The standard InChI is InChI=1S/C18H15ClFNO7S/c1-9(17(24)27-14-8-29-18(28-14)16(22)23)25-11-2-4-12(5-3-11)26-15-13(20)6-10(19)7-21-15/h2-7,9,14,18H,8H2,1H3,(H,22,23)/t9?,14-,18-/m1/s1. The van der Waals surface area contributed by atoms with Gasteiger partial charge in [-0.15, -0.1) is 11.8 Å². The summed E-state index contributed by atoms with van der Waals surface area (Å²) in [5.74, 6) is -1.89. The van der Waals surface area contributed by atoms with E-state index in [1.54, 1.807) is 0 Å². The summed E-state index contributed by atoms with van der Waals surface area (Å²) in [6.45, 7) is 1.48. The number of carboxylic acid groups (broad SMARTS) is 1. The van der Waals surface area contributed by atoms with Gasteiger partial charge >= 0.3 is 11.9 Å². The predicted molar refractivity (Wildman–Crippen MR) is 101 cm³/mol. The van der Waals surface area contributed by atoms with Crippen LogP contribution >= 0.6 is 23.4 Å². The molecule has 11 heteroatoms. The van der Waals surface area contributed by atoms with Gasteiger partial charge in [0.25, 0.3) is 5.88 Å². The molecule has 8 nitrogen and oxygen atoms in total. The quantitative estimate of drug-likeness (QED) is 0.644. The Morgan fingerprint density at radius 1 is 1.34 bits per heavy atom. The molecule has 0 radical (unpaired) electrons. The highest BCUT2D eigenvalue weighted by atomic mass is 35.5. The summed E-state index contributed by atoms with van der Waals surface area (Å²) < 4.78 is 34.7. The summed E-state index contributed by atoms with van der Waals surface area (Å²) in [5.41, 5.74) is -1.06. The van der Waals surface area contributed by atoms with Crippen molar-refractivity contribution in [2.45, 2.75) is 24.8 Å². The zero-order valence-electron chi connectivity index (χ0n) is 14.9. The SMILES string of the molecule is CC(Oc1ccc(Oc2ncc(Cl)cc2F)cc1)C(=O)O[C@H]1CS[C@H](C(=O)O)O1. The average molecular weight is 444 g/mol. The lowest BCUT2D eigenvalue weighted by atomic mass is 10.3. The summed E-state index contributed by atoms with van der Waals surface area (Å²) in [4.78, 5) is 26.7. The predicted octanol–water partition coefficient (Wildman–Crippen LogP) is 3.48. The van der Waals surface area contributed by atoms with Crippen LogP contribution in [0.2, 0.25) is 5.02 Å². The molecule has 29 heavy (non-hydrogen) atoms. The van der Waals surface area contributed by atoms with Crippen LogP contribution in [0.5, 0.6) is 17.4 Å². The molecule has 0 saturated carbocycles. The van der Waals surface area contributed by atoms with Crippen LogP contribution in [-0.2, 0) is 19.1 Å². The Hall–Kier alpha value is -2.56. The monoisotopic (exact) mass is 443 g/mol. The van der Waals surface area contributed by atoms with E-state index in [0.29, 0.717) is 11.5 Å². The fourth-order valence-corrected chi connectivity index (χ4v) is 3.19. The highest BCUT2D eigenvalue weighted by molar-refractivity contribution is 8.00. The maximum absolute atomic E-state index is 13.7. The number of ether oxygens (including phenoxy) is 4. The number of esters is 1. The second kappa shape index (κ2) is 9.29. The molecule has 1 aromatic carbocycles. The third-order valence-corrected chi connectivity index (χ3v) is 4.85. The average Bonchev–Trinajstić information content (AvgIpc) is 3.14. The van der Waals surface area contributed by atoms with Crippen molar-refractivity contribution < 1.29 is 38.0 Å². The van der Waals surface area contributed by atoms with Crippen molar-refractivity contribution in [1.82, 2.24) is 4.98 Å². The fourth-order valence-electron chi connectivity index (χ4n) is 2.23. The Labute approximate surface area is 173 Å². The van der Waals surface area contributed by atoms with Crippen molar-refractivity contribution in [3.05, 3.63) is 47.4 Å². The van der Waals surface area contributed by atoms with E-state index < -0.39 is 35.6 Å². The minimum absolute atomic E-state index is 0.152. The number of carbonyl (C=O) groups is 2. The molecule has 1 saturated heterocycles. The molecular weight excluding hydrogens is 429 g/mol. The first-order valence-corrected chi connectivity index (χ1v) is 9.70. The van der Waals surface area contributed by atoms with E-state index >= 15 is 0 Å². The first-order valence-electron chi connectivity index (χ1n) is 8.28. The summed E-state index contributed by atoms with van der Waals surface area (Å²) in [5, 5.41) is 9.01. The van der Waals surface area contributed by atoms with Crippen molar-refractivity contribution >= 4 is 35.3 Å². The lowest BCUT2D eigenvalue weighted by Crippen LogP contribution is -2.31. The number of benzene rings is 1. The van der Waals surface area contributed by atoms with Crippen molar-refractivity contribution in [2.24, 2.45) is 0 Å². The van der Waals surface area contributed by atoms with Gasteiger partial charge in [0.15, 0.2) is 11.9 Å². The third-order valence-electron chi connectivity index (χ3n) is 3.57. The van der Waals surface area contributed by atoms with Crippen LogP contribution in [0.3, 0.4) is 0 Å². The molecule has 0 amide bonds. The molecule has 1 aromatic heterocycles.